The lowest BCUT2D eigenvalue weighted by molar-refractivity contribution is -0.142. The van der Waals surface area contributed by atoms with Gasteiger partial charge in [0, 0.05) is 10.9 Å². The van der Waals surface area contributed by atoms with Crippen LogP contribution in [0, 0.1) is 29.3 Å². The molecule has 0 saturated carbocycles. The summed E-state index contributed by atoms with van der Waals surface area (Å²) >= 11 is 0. The van der Waals surface area contributed by atoms with Gasteiger partial charge in [0.05, 0.1) is 5.56 Å². The summed E-state index contributed by atoms with van der Waals surface area (Å²) in [6.45, 7) is 1.94. The maximum absolute atomic E-state index is 14.8. The molecule has 0 N–H and O–H groups in total. The Hall–Kier alpha value is -3.20. The van der Waals surface area contributed by atoms with Crippen LogP contribution in [-0.2, 0) is 12.6 Å². The zero-order chi connectivity index (χ0) is 21.9. The first-order valence-corrected chi connectivity index (χ1v) is 9.11. The highest BCUT2D eigenvalue weighted by Gasteiger charge is 2.37. The molecule has 3 aromatic carbocycles. The molecule has 3 aromatic rings. The van der Waals surface area contributed by atoms with E-state index in [1.54, 1.807) is 12.1 Å². The molecule has 0 amide bonds. The molecule has 0 nitrogen and oxygen atoms in total. The smallest absolute Gasteiger partial charge is 0.206 e. The predicted molar refractivity (Wildman–Crippen MR) is 104 cm³/mol. The molecule has 0 aliphatic heterocycles. The maximum Gasteiger partial charge on any atom is 0.422 e. The summed E-state index contributed by atoms with van der Waals surface area (Å²) in [4.78, 5) is 0. The van der Waals surface area contributed by atoms with E-state index in [9.17, 15) is 26.3 Å². The van der Waals surface area contributed by atoms with Gasteiger partial charge in [0.15, 0.2) is 0 Å². The molecular weight excluding hydrogens is 402 g/mol. The highest BCUT2D eigenvalue weighted by Crippen LogP contribution is 2.34. The Morgan fingerprint density at radius 2 is 1.60 bits per heavy atom. The molecule has 0 radical (unpaired) electrons. The van der Waals surface area contributed by atoms with E-state index in [1.165, 1.54) is 6.07 Å². The summed E-state index contributed by atoms with van der Waals surface area (Å²) in [6, 6.07) is 9.39. The first-order valence-electron chi connectivity index (χ1n) is 9.11. The van der Waals surface area contributed by atoms with E-state index in [1.807, 2.05) is 31.2 Å². The normalized spacial score (nSPS) is 11.7. The quantitative estimate of drug-likeness (QED) is 0.240. The van der Waals surface area contributed by atoms with Gasteiger partial charge < -0.3 is 0 Å². The molecule has 6 heteroatoms. The second-order valence-electron chi connectivity index (χ2n) is 6.65. The molecule has 0 aliphatic carbocycles. The fraction of sp³-hybridized carbons (Fsp3) is 0.167. The van der Waals surface area contributed by atoms with E-state index in [0.717, 1.165) is 18.4 Å². The Morgan fingerprint density at radius 3 is 2.23 bits per heavy atom. The average molecular weight is 418 g/mol. The van der Waals surface area contributed by atoms with Crippen LogP contribution in [0.5, 0.6) is 0 Å². The topological polar surface area (TPSA) is 0 Å². The Kier molecular flexibility index (Phi) is 6.21. The minimum Gasteiger partial charge on any atom is -0.206 e. The van der Waals surface area contributed by atoms with Gasteiger partial charge >= 0.3 is 6.18 Å². The van der Waals surface area contributed by atoms with Crippen molar-refractivity contribution < 1.29 is 26.3 Å². The number of alkyl halides is 3. The van der Waals surface area contributed by atoms with Gasteiger partial charge in [-0.05, 0) is 48.9 Å². The molecule has 30 heavy (non-hydrogen) atoms. The van der Waals surface area contributed by atoms with Gasteiger partial charge in [0.1, 0.15) is 23.0 Å². The minimum absolute atomic E-state index is 0.0233. The molecule has 0 heterocycles. The fourth-order valence-electron chi connectivity index (χ4n) is 3.07. The zero-order valence-electron chi connectivity index (χ0n) is 15.9. The van der Waals surface area contributed by atoms with Gasteiger partial charge in [-0.2, -0.15) is 13.2 Å². The van der Waals surface area contributed by atoms with Crippen molar-refractivity contribution in [2.45, 2.75) is 25.9 Å². The number of hydrogen-bond donors (Lipinski definition) is 0. The number of halogens is 6. The van der Waals surface area contributed by atoms with Crippen molar-refractivity contribution in [3.05, 3.63) is 94.3 Å². The second kappa shape index (κ2) is 8.66. The molecule has 0 saturated heterocycles. The zero-order valence-corrected chi connectivity index (χ0v) is 15.9. The van der Waals surface area contributed by atoms with Crippen LogP contribution in [0.3, 0.4) is 0 Å². The number of hydrogen-bond acceptors (Lipinski definition) is 0. The van der Waals surface area contributed by atoms with Crippen LogP contribution in [0.15, 0.2) is 54.6 Å². The van der Waals surface area contributed by atoms with Gasteiger partial charge in [0.2, 0.25) is 0 Å². The Bertz CT molecular complexity index is 1150. The highest BCUT2D eigenvalue weighted by atomic mass is 19.4. The summed E-state index contributed by atoms with van der Waals surface area (Å²) in [7, 11) is 0. The van der Waals surface area contributed by atoms with E-state index in [2.05, 4.69) is 11.8 Å². The van der Waals surface area contributed by atoms with Gasteiger partial charge in [-0.25, -0.2) is 13.2 Å². The molecule has 0 atom stereocenters. The van der Waals surface area contributed by atoms with Crippen LogP contribution in [0.25, 0.3) is 10.8 Å². The number of aryl methyl sites for hydroxylation is 1. The molecule has 0 bridgehead atoms. The molecule has 0 unspecified atom stereocenters. The summed E-state index contributed by atoms with van der Waals surface area (Å²) in [5, 5.41) is 1.02. The summed E-state index contributed by atoms with van der Waals surface area (Å²) < 4.78 is 80.0. The molecule has 0 spiro atoms. The van der Waals surface area contributed by atoms with Crippen LogP contribution in [-0.4, -0.2) is 0 Å². The third-order valence-corrected chi connectivity index (χ3v) is 4.52. The third kappa shape index (κ3) is 4.68. The van der Waals surface area contributed by atoms with Crippen molar-refractivity contribution in [1.29, 1.82) is 0 Å². The van der Waals surface area contributed by atoms with Crippen LogP contribution < -0.4 is 0 Å². The largest absolute Gasteiger partial charge is 0.422 e. The van der Waals surface area contributed by atoms with Gasteiger partial charge in [-0.15, -0.1) is 0 Å². The van der Waals surface area contributed by atoms with Crippen LogP contribution in [0.2, 0.25) is 0 Å². The lowest BCUT2D eigenvalue weighted by atomic mass is 10.0. The minimum atomic E-state index is -5.16. The monoisotopic (exact) mass is 418 g/mol. The molecule has 0 aliphatic rings. The van der Waals surface area contributed by atoms with Crippen LogP contribution in [0.4, 0.5) is 26.3 Å². The first kappa shape index (κ1) is 21.5. The van der Waals surface area contributed by atoms with Crippen molar-refractivity contribution in [1.82, 2.24) is 0 Å². The molecule has 3 rings (SSSR count). The van der Waals surface area contributed by atoms with Gasteiger partial charge in [0.25, 0.3) is 0 Å². The number of fused-ring (bicyclic) bond motifs is 1. The maximum atomic E-state index is 14.8. The van der Waals surface area contributed by atoms with Gasteiger partial charge in [-0.1, -0.05) is 48.3 Å². The second-order valence-corrected chi connectivity index (χ2v) is 6.65. The molecule has 0 fully saturated rings. The van der Waals surface area contributed by atoms with Crippen molar-refractivity contribution in [3.63, 3.8) is 0 Å². The van der Waals surface area contributed by atoms with Crippen molar-refractivity contribution in [2.24, 2.45) is 0 Å². The van der Waals surface area contributed by atoms with Crippen LogP contribution in [0.1, 0.15) is 35.6 Å². The van der Waals surface area contributed by atoms with E-state index in [4.69, 9.17) is 0 Å². The van der Waals surface area contributed by atoms with Crippen molar-refractivity contribution in [2.75, 3.05) is 0 Å². The van der Waals surface area contributed by atoms with Crippen molar-refractivity contribution in [3.8, 4) is 11.8 Å². The van der Waals surface area contributed by atoms with E-state index < -0.39 is 29.2 Å². The number of rotatable bonds is 3. The molecular formula is C24H16F6. The van der Waals surface area contributed by atoms with E-state index in [0.29, 0.717) is 22.9 Å². The third-order valence-electron chi connectivity index (χ3n) is 4.52. The highest BCUT2D eigenvalue weighted by molar-refractivity contribution is 5.85. The van der Waals surface area contributed by atoms with E-state index >= 15 is 0 Å². The first-order chi connectivity index (χ1) is 14.2. The van der Waals surface area contributed by atoms with Crippen molar-refractivity contribution >= 4 is 10.8 Å². The predicted octanol–water partition coefficient (Wildman–Crippen LogP) is 7.18. The number of benzene rings is 3. The Balaban J connectivity index is 1.93. The average Bonchev–Trinajstić information content (AvgIpc) is 2.66. The summed E-state index contributed by atoms with van der Waals surface area (Å²) in [5.74, 6) is 0.631. The Morgan fingerprint density at radius 1 is 0.900 bits per heavy atom. The van der Waals surface area contributed by atoms with Gasteiger partial charge in [-0.3, -0.25) is 0 Å². The summed E-state index contributed by atoms with van der Waals surface area (Å²) in [6.07, 6.45) is 0.523. The SMILES string of the molecule is C/C=C/CCc1ccc2c(F)c(C#Cc3cc(F)c(C(F)(F)F)c(F)c3)ccc2c1. The fourth-order valence-corrected chi connectivity index (χ4v) is 3.07. The molecule has 154 valence electrons. The lowest BCUT2D eigenvalue weighted by Gasteiger charge is -2.09. The van der Waals surface area contributed by atoms with Crippen LogP contribution >= 0.6 is 0 Å². The standard InChI is InChI=1S/C24H16F6/c1-2-3-4-5-15-7-11-19-18(12-15)10-9-17(23(19)27)8-6-16-13-20(25)22(21(26)14-16)24(28,29)30/h2-3,7,9-14H,4-5H2,1H3/b3-2+. The molecule has 0 aromatic heterocycles. The lowest BCUT2D eigenvalue weighted by Crippen LogP contribution is -2.11. The summed E-state index contributed by atoms with van der Waals surface area (Å²) in [5.41, 5.74) is -1.27. The Labute approximate surface area is 169 Å². The number of allylic oxidation sites excluding steroid dienone is 2. The van der Waals surface area contributed by atoms with E-state index in [-0.39, 0.29) is 11.1 Å².